The van der Waals surface area contributed by atoms with E-state index in [4.69, 9.17) is 4.98 Å². The Bertz CT molecular complexity index is 980. The normalized spacial score (nSPS) is 12.5. The van der Waals surface area contributed by atoms with E-state index in [1.807, 2.05) is 18.3 Å². The van der Waals surface area contributed by atoms with Gasteiger partial charge in [-0.1, -0.05) is 65.8 Å². The van der Waals surface area contributed by atoms with E-state index in [0.717, 1.165) is 66.0 Å². The quantitative estimate of drug-likeness (QED) is 0.246. The molecule has 0 saturated heterocycles. The van der Waals surface area contributed by atoms with Crippen molar-refractivity contribution in [3.8, 4) is 0 Å². The van der Waals surface area contributed by atoms with Gasteiger partial charge in [0.25, 0.3) is 0 Å². The van der Waals surface area contributed by atoms with E-state index in [-0.39, 0.29) is 6.04 Å². The summed E-state index contributed by atoms with van der Waals surface area (Å²) in [6.45, 7) is 24.1. The topological polar surface area (TPSA) is 53.1 Å². The number of pyridine rings is 2. The van der Waals surface area contributed by atoms with Crippen molar-refractivity contribution in [2.75, 3.05) is 16.8 Å². The third kappa shape index (κ3) is 8.27. The number of nitrogens with one attached hydrogen (secondary N) is 2. The van der Waals surface area contributed by atoms with Crippen molar-refractivity contribution in [2.24, 2.45) is 5.92 Å². The first kappa shape index (κ1) is 28.2. The number of hydrogen-bond donors (Lipinski definition) is 2. The van der Waals surface area contributed by atoms with E-state index in [0.29, 0.717) is 6.54 Å². The van der Waals surface area contributed by atoms with Crippen LogP contribution in [0.5, 0.6) is 0 Å². The van der Waals surface area contributed by atoms with Crippen molar-refractivity contribution >= 4 is 17.3 Å². The van der Waals surface area contributed by atoms with Crippen molar-refractivity contribution < 1.29 is 0 Å². The Hall–Kier alpha value is -3.08. The molecule has 2 atom stereocenters. The fraction of sp³-hybridized carbons (Fsp3) is 0.467. The molecule has 2 unspecified atom stereocenters. The van der Waals surface area contributed by atoms with Gasteiger partial charge in [-0.05, 0) is 67.9 Å². The maximum absolute atomic E-state index is 5.02. The van der Waals surface area contributed by atoms with E-state index < -0.39 is 0 Å². The zero-order valence-electron chi connectivity index (χ0n) is 22.5. The van der Waals surface area contributed by atoms with Crippen LogP contribution >= 0.6 is 0 Å². The summed E-state index contributed by atoms with van der Waals surface area (Å²) >= 11 is 0. The van der Waals surface area contributed by atoms with Gasteiger partial charge in [0.15, 0.2) is 0 Å². The van der Waals surface area contributed by atoms with Crippen molar-refractivity contribution in [3.05, 3.63) is 78.9 Å². The van der Waals surface area contributed by atoms with Crippen molar-refractivity contribution in [1.29, 1.82) is 0 Å². The van der Waals surface area contributed by atoms with Crippen LogP contribution in [-0.4, -0.2) is 22.6 Å². The maximum atomic E-state index is 5.02. The van der Waals surface area contributed by atoms with E-state index in [9.17, 15) is 0 Å². The minimum absolute atomic E-state index is 0.268. The maximum Gasteiger partial charge on any atom is 0.138 e. The van der Waals surface area contributed by atoms with E-state index in [1.165, 1.54) is 18.4 Å². The third-order valence-electron chi connectivity index (χ3n) is 6.54. The van der Waals surface area contributed by atoms with Gasteiger partial charge in [0.1, 0.15) is 17.5 Å². The Labute approximate surface area is 213 Å². The second kappa shape index (κ2) is 14.3. The molecule has 2 rings (SSSR count). The van der Waals surface area contributed by atoms with Crippen LogP contribution in [-0.2, 0) is 6.42 Å². The molecule has 0 bridgehead atoms. The highest BCUT2D eigenvalue weighted by Crippen LogP contribution is 2.29. The van der Waals surface area contributed by atoms with E-state index >= 15 is 0 Å². The van der Waals surface area contributed by atoms with Crippen LogP contribution in [0, 0.1) is 12.8 Å². The highest BCUT2D eigenvalue weighted by molar-refractivity contribution is 5.64. The van der Waals surface area contributed by atoms with Crippen molar-refractivity contribution in [2.45, 2.75) is 79.2 Å². The zero-order chi connectivity index (χ0) is 25.8. The Morgan fingerprint density at radius 3 is 2.54 bits per heavy atom. The fourth-order valence-corrected chi connectivity index (χ4v) is 4.11. The van der Waals surface area contributed by atoms with Gasteiger partial charge in [-0.25, -0.2) is 9.97 Å². The van der Waals surface area contributed by atoms with E-state index in [1.54, 1.807) is 0 Å². The van der Waals surface area contributed by atoms with Crippen LogP contribution in [0.3, 0.4) is 0 Å². The molecule has 35 heavy (non-hydrogen) atoms. The number of anilines is 2. The average molecular weight is 476 g/mol. The number of rotatable bonds is 16. The molecule has 2 heterocycles. The molecule has 0 spiro atoms. The molecule has 2 aromatic rings. The lowest BCUT2D eigenvalue weighted by molar-refractivity contribution is 0.516. The molecule has 0 saturated carbocycles. The minimum atomic E-state index is 0.268. The predicted molar refractivity (Wildman–Crippen MR) is 152 cm³/mol. The monoisotopic (exact) mass is 475 g/mol. The van der Waals surface area contributed by atoms with Crippen LogP contribution < -0.4 is 15.5 Å². The molecule has 5 heteroatoms. The Balaban J connectivity index is 2.36. The number of aryl methyl sites for hydroxylation is 2. The van der Waals surface area contributed by atoms with E-state index in [2.05, 4.69) is 93.1 Å². The van der Waals surface area contributed by atoms with Gasteiger partial charge in [0.2, 0.25) is 0 Å². The highest BCUT2D eigenvalue weighted by atomic mass is 15.3. The molecule has 2 N–H and O–H groups in total. The lowest BCUT2D eigenvalue weighted by Crippen LogP contribution is -2.38. The largest absolute Gasteiger partial charge is 0.380 e. The van der Waals surface area contributed by atoms with Crippen molar-refractivity contribution in [3.63, 3.8) is 0 Å². The lowest BCUT2D eigenvalue weighted by atomic mass is 9.99. The Morgan fingerprint density at radius 1 is 1.11 bits per heavy atom. The third-order valence-corrected chi connectivity index (χ3v) is 6.54. The van der Waals surface area contributed by atoms with Crippen LogP contribution in [0.25, 0.3) is 5.70 Å². The van der Waals surface area contributed by atoms with Crippen LogP contribution in [0.2, 0.25) is 0 Å². The summed E-state index contributed by atoms with van der Waals surface area (Å²) in [6, 6.07) is 8.63. The number of aromatic nitrogens is 2. The van der Waals surface area contributed by atoms with Gasteiger partial charge < -0.3 is 15.5 Å². The lowest BCUT2D eigenvalue weighted by Gasteiger charge is -2.35. The van der Waals surface area contributed by atoms with Crippen LogP contribution in [0.1, 0.15) is 76.6 Å². The van der Waals surface area contributed by atoms with Gasteiger partial charge in [-0.3, -0.25) is 0 Å². The molecule has 5 nitrogen and oxygen atoms in total. The fourth-order valence-electron chi connectivity index (χ4n) is 4.11. The summed E-state index contributed by atoms with van der Waals surface area (Å²) in [6.07, 6.45) is 10.3. The second-order valence-electron chi connectivity index (χ2n) is 9.38. The van der Waals surface area contributed by atoms with Gasteiger partial charge in [-0.2, -0.15) is 0 Å². The van der Waals surface area contributed by atoms with Gasteiger partial charge in [0.05, 0.1) is 11.4 Å². The SMILES string of the molecule is C=CCNC(=C)c1ccc(C)c(N(C(=C)Nc2cc(CCC(C)CC)ccn2)C(CC)CCC)n1. The molecule has 2 aromatic heterocycles. The summed E-state index contributed by atoms with van der Waals surface area (Å²) in [7, 11) is 0. The summed E-state index contributed by atoms with van der Waals surface area (Å²) in [4.78, 5) is 11.9. The molecule has 0 radical (unpaired) electrons. The molecular formula is C30H45N5. The first-order chi connectivity index (χ1) is 16.8. The molecule has 0 aliphatic rings. The standard InChI is InChI=1S/C30H45N5/c1-9-13-27(12-4)35(30-23(6)15-17-28(34-30)24(7)31-19-10-2)25(8)33-29-21-26(18-20-32-29)16-14-22(5)11-3/h10,15,17-18,20-22,27,31H,2,7-9,11-14,16,19H2,1,3-6H3,(H,32,33). The van der Waals surface area contributed by atoms with Gasteiger partial charge >= 0.3 is 0 Å². The van der Waals surface area contributed by atoms with Gasteiger partial charge in [-0.15, -0.1) is 6.58 Å². The van der Waals surface area contributed by atoms with Gasteiger partial charge in [0, 0.05) is 18.8 Å². The smallest absolute Gasteiger partial charge is 0.138 e. The Morgan fingerprint density at radius 2 is 1.89 bits per heavy atom. The number of nitrogens with zero attached hydrogens (tertiary/aromatic N) is 3. The first-order valence-electron chi connectivity index (χ1n) is 13.1. The highest BCUT2D eigenvalue weighted by Gasteiger charge is 2.23. The summed E-state index contributed by atoms with van der Waals surface area (Å²) < 4.78 is 0. The van der Waals surface area contributed by atoms with Crippen LogP contribution in [0.4, 0.5) is 11.6 Å². The predicted octanol–water partition coefficient (Wildman–Crippen LogP) is 7.48. The molecule has 190 valence electrons. The van der Waals surface area contributed by atoms with Crippen molar-refractivity contribution in [1.82, 2.24) is 15.3 Å². The molecule has 0 aliphatic carbocycles. The Kier molecular flexibility index (Phi) is 11.5. The summed E-state index contributed by atoms with van der Waals surface area (Å²) in [5.74, 6) is 3.23. The molecule has 0 aromatic carbocycles. The number of hydrogen-bond acceptors (Lipinski definition) is 5. The minimum Gasteiger partial charge on any atom is -0.380 e. The molecule has 0 aliphatic heterocycles. The second-order valence-corrected chi connectivity index (χ2v) is 9.38. The first-order valence-corrected chi connectivity index (χ1v) is 13.1. The average Bonchev–Trinajstić information content (AvgIpc) is 2.86. The summed E-state index contributed by atoms with van der Waals surface area (Å²) in [5.41, 5.74) is 3.99. The molecule has 0 amide bonds. The zero-order valence-corrected chi connectivity index (χ0v) is 22.5. The molecular weight excluding hydrogens is 430 g/mol. The molecule has 0 fully saturated rings. The summed E-state index contributed by atoms with van der Waals surface area (Å²) in [5, 5.41) is 6.76. The van der Waals surface area contributed by atoms with Crippen LogP contribution in [0.15, 0.2) is 62.1 Å².